The van der Waals surface area contributed by atoms with Crippen molar-refractivity contribution in [1.82, 2.24) is 4.90 Å². The average molecular weight is 376 g/mol. The van der Waals surface area contributed by atoms with Crippen LogP contribution in [0, 0.1) is 11.3 Å². The van der Waals surface area contributed by atoms with Gasteiger partial charge in [0.25, 0.3) is 0 Å². The highest BCUT2D eigenvalue weighted by molar-refractivity contribution is 5.92. The SMILES string of the molecule is CCOc1cc2c(cc1/C=C/C(=O)N(C)Cc1ccc(C#N)cc1)OC(C)C2. The van der Waals surface area contributed by atoms with Crippen LogP contribution in [0.15, 0.2) is 42.5 Å². The molecule has 1 atom stereocenters. The molecule has 0 aliphatic carbocycles. The predicted molar refractivity (Wildman–Crippen MR) is 108 cm³/mol. The van der Waals surface area contributed by atoms with Crippen LogP contribution < -0.4 is 9.47 Å². The summed E-state index contributed by atoms with van der Waals surface area (Å²) in [5, 5.41) is 8.87. The van der Waals surface area contributed by atoms with Crippen LogP contribution in [0.2, 0.25) is 0 Å². The second-order valence-corrected chi connectivity index (χ2v) is 6.90. The third-order valence-corrected chi connectivity index (χ3v) is 4.61. The van der Waals surface area contributed by atoms with Gasteiger partial charge in [-0.15, -0.1) is 0 Å². The highest BCUT2D eigenvalue weighted by atomic mass is 16.5. The lowest BCUT2D eigenvalue weighted by molar-refractivity contribution is -0.125. The average Bonchev–Trinajstić information content (AvgIpc) is 3.05. The Kier molecular flexibility index (Phi) is 6.00. The second kappa shape index (κ2) is 8.62. The number of rotatable bonds is 6. The monoisotopic (exact) mass is 376 g/mol. The lowest BCUT2D eigenvalue weighted by Crippen LogP contribution is -2.24. The first-order valence-electron chi connectivity index (χ1n) is 9.38. The van der Waals surface area contributed by atoms with Crippen molar-refractivity contribution < 1.29 is 14.3 Å². The van der Waals surface area contributed by atoms with Crippen LogP contribution in [0.1, 0.15) is 36.1 Å². The van der Waals surface area contributed by atoms with Crippen molar-refractivity contribution in [3.63, 3.8) is 0 Å². The van der Waals surface area contributed by atoms with Crippen LogP contribution in [0.4, 0.5) is 0 Å². The summed E-state index contributed by atoms with van der Waals surface area (Å²) < 4.78 is 11.6. The van der Waals surface area contributed by atoms with Gasteiger partial charge in [-0.1, -0.05) is 12.1 Å². The summed E-state index contributed by atoms with van der Waals surface area (Å²) >= 11 is 0. The predicted octanol–water partition coefficient (Wildman–Crippen LogP) is 3.95. The Morgan fingerprint density at radius 1 is 1.36 bits per heavy atom. The Hall–Kier alpha value is -3.26. The molecule has 1 heterocycles. The smallest absolute Gasteiger partial charge is 0.246 e. The highest BCUT2D eigenvalue weighted by Crippen LogP contribution is 2.35. The molecular weight excluding hydrogens is 352 g/mol. The van der Waals surface area contributed by atoms with E-state index in [1.807, 2.05) is 38.1 Å². The van der Waals surface area contributed by atoms with Crippen LogP contribution in [-0.2, 0) is 17.8 Å². The van der Waals surface area contributed by atoms with E-state index in [0.717, 1.165) is 34.6 Å². The number of hydrogen-bond acceptors (Lipinski definition) is 4. The number of fused-ring (bicyclic) bond motifs is 1. The first kappa shape index (κ1) is 19.5. The van der Waals surface area contributed by atoms with E-state index >= 15 is 0 Å². The zero-order valence-corrected chi connectivity index (χ0v) is 16.4. The number of carbonyl (C=O) groups is 1. The van der Waals surface area contributed by atoms with Crippen molar-refractivity contribution >= 4 is 12.0 Å². The lowest BCUT2D eigenvalue weighted by Gasteiger charge is -2.15. The zero-order valence-electron chi connectivity index (χ0n) is 16.4. The fourth-order valence-corrected chi connectivity index (χ4v) is 3.19. The third-order valence-electron chi connectivity index (χ3n) is 4.61. The summed E-state index contributed by atoms with van der Waals surface area (Å²) in [7, 11) is 1.75. The molecule has 144 valence electrons. The van der Waals surface area contributed by atoms with Gasteiger partial charge in [0, 0.05) is 37.2 Å². The van der Waals surface area contributed by atoms with E-state index < -0.39 is 0 Å². The van der Waals surface area contributed by atoms with E-state index in [1.54, 1.807) is 36.2 Å². The molecule has 2 aromatic carbocycles. The molecule has 1 aliphatic rings. The number of ether oxygens (including phenoxy) is 2. The van der Waals surface area contributed by atoms with Crippen molar-refractivity contribution in [1.29, 1.82) is 5.26 Å². The fourth-order valence-electron chi connectivity index (χ4n) is 3.19. The second-order valence-electron chi connectivity index (χ2n) is 6.90. The lowest BCUT2D eigenvalue weighted by atomic mass is 10.1. The summed E-state index contributed by atoms with van der Waals surface area (Å²) in [5.74, 6) is 1.51. The maximum absolute atomic E-state index is 12.5. The molecule has 0 aromatic heterocycles. The summed E-state index contributed by atoms with van der Waals surface area (Å²) in [6, 6.07) is 13.3. The molecule has 1 aliphatic heterocycles. The van der Waals surface area contributed by atoms with Crippen molar-refractivity contribution in [3.8, 4) is 17.6 Å². The number of amides is 1. The molecule has 0 fully saturated rings. The van der Waals surface area contributed by atoms with Crippen molar-refractivity contribution in [3.05, 3.63) is 64.7 Å². The number of likely N-dealkylation sites (N-methyl/N-ethyl adjacent to an activating group) is 1. The summed E-state index contributed by atoms with van der Waals surface area (Å²) in [5.41, 5.74) is 3.54. The Labute approximate surface area is 165 Å². The van der Waals surface area contributed by atoms with E-state index in [0.29, 0.717) is 18.7 Å². The van der Waals surface area contributed by atoms with Crippen molar-refractivity contribution in [2.75, 3.05) is 13.7 Å². The summed E-state index contributed by atoms with van der Waals surface area (Å²) in [6.45, 7) is 5.01. The van der Waals surface area contributed by atoms with E-state index in [-0.39, 0.29) is 12.0 Å². The number of nitrogens with zero attached hydrogens (tertiary/aromatic N) is 2. The quantitative estimate of drug-likeness (QED) is 0.716. The van der Waals surface area contributed by atoms with Gasteiger partial charge >= 0.3 is 0 Å². The number of nitriles is 1. The maximum atomic E-state index is 12.5. The molecule has 28 heavy (non-hydrogen) atoms. The number of hydrogen-bond donors (Lipinski definition) is 0. The summed E-state index contributed by atoms with van der Waals surface area (Å²) in [6.07, 6.45) is 4.34. The summed E-state index contributed by atoms with van der Waals surface area (Å²) in [4.78, 5) is 14.1. The standard InChI is InChI=1S/C23H24N2O3/c1-4-27-21-13-20-11-16(2)28-22(20)12-19(21)9-10-23(26)25(3)15-18-7-5-17(14-24)6-8-18/h5-10,12-13,16H,4,11,15H2,1-3H3/b10-9+. The van der Waals surface area contributed by atoms with Crippen LogP contribution in [-0.4, -0.2) is 30.6 Å². The van der Waals surface area contributed by atoms with Gasteiger partial charge in [-0.05, 0) is 49.8 Å². The Balaban J connectivity index is 1.72. The van der Waals surface area contributed by atoms with Crippen LogP contribution in [0.25, 0.3) is 6.08 Å². The van der Waals surface area contributed by atoms with Crippen molar-refractivity contribution in [2.45, 2.75) is 32.9 Å². The minimum Gasteiger partial charge on any atom is -0.493 e. The van der Waals surface area contributed by atoms with Gasteiger partial charge in [-0.2, -0.15) is 5.26 Å². The van der Waals surface area contributed by atoms with Gasteiger partial charge in [-0.25, -0.2) is 0 Å². The molecule has 0 radical (unpaired) electrons. The van der Waals surface area contributed by atoms with Gasteiger partial charge in [0.15, 0.2) is 0 Å². The molecule has 0 bridgehead atoms. The molecular formula is C23H24N2O3. The van der Waals surface area contributed by atoms with E-state index in [1.165, 1.54) is 0 Å². The minimum absolute atomic E-state index is 0.110. The fraction of sp³-hybridized carbons (Fsp3) is 0.304. The van der Waals surface area contributed by atoms with E-state index in [9.17, 15) is 4.79 Å². The zero-order chi connectivity index (χ0) is 20.1. The van der Waals surface area contributed by atoms with Gasteiger partial charge in [0.2, 0.25) is 5.91 Å². The molecule has 0 N–H and O–H groups in total. The van der Waals surface area contributed by atoms with Crippen LogP contribution in [0.5, 0.6) is 11.5 Å². The molecule has 3 rings (SSSR count). The molecule has 1 unspecified atom stereocenters. The Bertz CT molecular complexity index is 926. The van der Waals surface area contributed by atoms with Gasteiger partial charge in [0.1, 0.15) is 17.6 Å². The molecule has 5 heteroatoms. The molecule has 2 aromatic rings. The maximum Gasteiger partial charge on any atom is 0.246 e. The molecule has 0 spiro atoms. The van der Waals surface area contributed by atoms with Gasteiger partial charge in [0.05, 0.1) is 18.2 Å². The Morgan fingerprint density at radius 2 is 2.11 bits per heavy atom. The van der Waals surface area contributed by atoms with Gasteiger partial charge < -0.3 is 14.4 Å². The van der Waals surface area contributed by atoms with Crippen LogP contribution >= 0.6 is 0 Å². The van der Waals surface area contributed by atoms with Crippen molar-refractivity contribution in [2.24, 2.45) is 0 Å². The first-order valence-corrected chi connectivity index (χ1v) is 9.38. The highest BCUT2D eigenvalue weighted by Gasteiger charge is 2.21. The number of carbonyl (C=O) groups excluding carboxylic acids is 1. The van der Waals surface area contributed by atoms with E-state index in [4.69, 9.17) is 14.7 Å². The third kappa shape index (κ3) is 4.52. The molecule has 1 amide bonds. The van der Waals surface area contributed by atoms with Crippen LogP contribution in [0.3, 0.4) is 0 Å². The Morgan fingerprint density at radius 3 is 2.79 bits per heavy atom. The number of benzene rings is 2. The topological polar surface area (TPSA) is 62.6 Å². The largest absolute Gasteiger partial charge is 0.493 e. The first-order chi connectivity index (χ1) is 13.5. The molecule has 0 saturated heterocycles. The normalized spacial score (nSPS) is 15.0. The molecule has 0 saturated carbocycles. The van der Waals surface area contributed by atoms with E-state index in [2.05, 4.69) is 6.07 Å². The minimum atomic E-state index is -0.110. The molecule has 5 nitrogen and oxygen atoms in total. The van der Waals surface area contributed by atoms with Gasteiger partial charge in [-0.3, -0.25) is 4.79 Å².